The summed E-state index contributed by atoms with van der Waals surface area (Å²) in [5, 5.41) is 0. The Hall–Kier alpha value is -1.47. The van der Waals surface area contributed by atoms with E-state index in [-0.39, 0.29) is 12.5 Å². The molecule has 0 atom stereocenters. The van der Waals surface area contributed by atoms with E-state index in [0.29, 0.717) is 11.3 Å². The number of terminal acetylenes is 1. The first-order valence-corrected chi connectivity index (χ1v) is 5.09. The first-order valence-electron chi connectivity index (χ1n) is 4.30. The Balaban J connectivity index is 2.97. The van der Waals surface area contributed by atoms with Crippen LogP contribution in [0.1, 0.15) is 10.4 Å². The van der Waals surface area contributed by atoms with Gasteiger partial charge in [0.1, 0.15) is 0 Å². The van der Waals surface area contributed by atoms with E-state index in [2.05, 4.69) is 21.9 Å². The minimum absolute atomic E-state index is 0.169. The van der Waals surface area contributed by atoms with Gasteiger partial charge in [0.05, 0.1) is 12.1 Å². The average Bonchev–Trinajstić information content (AvgIpc) is 2.17. The highest BCUT2D eigenvalue weighted by molar-refractivity contribution is 9.10. The first kappa shape index (κ1) is 11.6. The molecular formula is C11H11BrN2O. The van der Waals surface area contributed by atoms with E-state index in [0.717, 1.165) is 4.47 Å². The Morgan fingerprint density at radius 1 is 1.67 bits per heavy atom. The molecule has 2 N–H and O–H groups in total. The molecule has 0 aliphatic heterocycles. The molecule has 1 aromatic rings. The molecule has 0 bridgehead atoms. The number of carbonyl (C=O) groups excluding carboxylic acids is 1. The molecule has 0 spiro atoms. The number of rotatable bonds is 2. The zero-order valence-corrected chi connectivity index (χ0v) is 9.91. The summed E-state index contributed by atoms with van der Waals surface area (Å²) in [4.78, 5) is 13.2. The Labute approximate surface area is 97.4 Å². The van der Waals surface area contributed by atoms with Gasteiger partial charge in [-0.1, -0.05) is 21.9 Å². The maximum Gasteiger partial charge on any atom is 0.256 e. The fourth-order valence-electron chi connectivity index (χ4n) is 1.14. The number of benzene rings is 1. The monoisotopic (exact) mass is 266 g/mol. The van der Waals surface area contributed by atoms with Gasteiger partial charge in [-0.3, -0.25) is 4.79 Å². The van der Waals surface area contributed by atoms with Gasteiger partial charge in [0, 0.05) is 17.2 Å². The van der Waals surface area contributed by atoms with Crippen LogP contribution in [0.25, 0.3) is 0 Å². The maximum atomic E-state index is 11.8. The summed E-state index contributed by atoms with van der Waals surface area (Å²) in [5.74, 6) is 2.24. The van der Waals surface area contributed by atoms with Crippen molar-refractivity contribution in [3.05, 3.63) is 28.2 Å². The van der Waals surface area contributed by atoms with Crippen molar-refractivity contribution in [3.8, 4) is 12.3 Å². The van der Waals surface area contributed by atoms with Gasteiger partial charge >= 0.3 is 0 Å². The number of anilines is 1. The molecule has 0 aromatic heterocycles. The van der Waals surface area contributed by atoms with E-state index in [4.69, 9.17) is 12.2 Å². The second-order valence-electron chi connectivity index (χ2n) is 3.10. The lowest BCUT2D eigenvalue weighted by molar-refractivity contribution is 0.0813. The smallest absolute Gasteiger partial charge is 0.256 e. The molecule has 78 valence electrons. The number of hydrogen-bond donors (Lipinski definition) is 1. The van der Waals surface area contributed by atoms with Crippen LogP contribution in [0, 0.1) is 12.3 Å². The van der Waals surface area contributed by atoms with Crippen LogP contribution < -0.4 is 5.73 Å². The molecule has 0 heterocycles. The van der Waals surface area contributed by atoms with Gasteiger partial charge < -0.3 is 10.6 Å². The zero-order valence-electron chi connectivity index (χ0n) is 8.33. The Kier molecular flexibility index (Phi) is 3.75. The van der Waals surface area contributed by atoms with E-state index in [1.54, 1.807) is 25.2 Å². The largest absolute Gasteiger partial charge is 0.398 e. The number of hydrogen-bond acceptors (Lipinski definition) is 2. The van der Waals surface area contributed by atoms with Gasteiger partial charge in [-0.15, -0.1) is 6.42 Å². The SMILES string of the molecule is C#CCN(C)C(=O)c1ccc(Br)cc1N. The summed E-state index contributed by atoms with van der Waals surface area (Å²) >= 11 is 3.28. The van der Waals surface area contributed by atoms with E-state index >= 15 is 0 Å². The summed E-state index contributed by atoms with van der Waals surface area (Å²) in [6.07, 6.45) is 5.12. The number of carbonyl (C=O) groups is 1. The zero-order chi connectivity index (χ0) is 11.4. The van der Waals surface area contributed by atoms with E-state index in [9.17, 15) is 4.79 Å². The Morgan fingerprint density at radius 3 is 2.87 bits per heavy atom. The summed E-state index contributed by atoms with van der Waals surface area (Å²) < 4.78 is 0.844. The van der Waals surface area contributed by atoms with Crippen molar-refractivity contribution >= 4 is 27.5 Å². The lowest BCUT2D eigenvalue weighted by Crippen LogP contribution is -2.27. The molecule has 1 amide bonds. The second-order valence-corrected chi connectivity index (χ2v) is 4.01. The fraction of sp³-hybridized carbons (Fsp3) is 0.182. The second kappa shape index (κ2) is 4.85. The topological polar surface area (TPSA) is 46.3 Å². The van der Waals surface area contributed by atoms with E-state index < -0.39 is 0 Å². The van der Waals surface area contributed by atoms with Crippen LogP contribution in [0.15, 0.2) is 22.7 Å². The first-order chi connectivity index (χ1) is 7.06. The van der Waals surface area contributed by atoms with Gasteiger partial charge in [-0.25, -0.2) is 0 Å². The van der Waals surface area contributed by atoms with Crippen molar-refractivity contribution in [3.63, 3.8) is 0 Å². The van der Waals surface area contributed by atoms with Crippen molar-refractivity contribution in [2.75, 3.05) is 19.3 Å². The average molecular weight is 267 g/mol. The minimum atomic E-state index is -0.169. The van der Waals surface area contributed by atoms with Crippen LogP contribution in [0.4, 0.5) is 5.69 Å². The number of nitrogens with two attached hydrogens (primary N) is 1. The van der Waals surface area contributed by atoms with Crippen LogP contribution in [0.5, 0.6) is 0 Å². The molecule has 0 unspecified atom stereocenters. The third-order valence-electron chi connectivity index (χ3n) is 1.92. The lowest BCUT2D eigenvalue weighted by Gasteiger charge is -2.15. The van der Waals surface area contributed by atoms with Gasteiger partial charge in [-0.05, 0) is 18.2 Å². The van der Waals surface area contributed by atoms with Crippen molar-refractivity contribution in [2.24, 2.45) is 0 Å². The molecule has 0 radical (unpaired) electrons. The number of nitrogens with zero attached hydrogens (tertiary/aromatic N) is 1. The fourth-order valence-corrected chi connectivity index (χ4v) is 1.52. The van der Waals surface area contributed by atoms with Crippen LogP contribution in [0.2, 0.25) is 0 Å². The normalized spacial score (nSPS) is 9.40. The highest BCUT2D eigenvalue weighted by Crippen LogP contribution is 2.19. The molecule has 1 aromatic carbocycles. The molecule has 0 aliphatic carbocycles. The van der Waals surface area contributed by atoms with Crippen molar-refractivity contribution < 1.29 is 4.79 Å². The molecular weight excluding hydrogens is 256 g/mol. The molecule has 1 rings (SSSR count). The summed E-state index contributed by atoms with van der Waals surface area (Å²) in [6, 6.07) is 5.14. The highest BCUT2D eigenvalue weighted by atomic mass is 79.9. The van der Waals surface area contributed by atoms with E-state index in [1.807, 2.05) is 0 Å². The van der Waals surface area contributed by atoms with E-state index in [1.165, 1.54) is 4.90 Å². The predicted molar refractivity (Wildman–Crippen MR) is 64.3 cm³/mol. The van der Waals surface area contributed by atoms with Gasteiger partial charge in [0.2, 0.25) is 0 Å². The summed E-state index contributed by atoms with van der Waals surface area (Å²) in [5.41, 5.74) is 6.64. The van der Waals surface area contributed by atoms with Crippen LogP contribution in [-0.4, -0.2) is 24.4 Å². The van der Waals surface area contributed by atoms with Crippen molar-refractivity contribution in [1.82, 2.24) is 4.90 Å². The molecule has 0 saturated heterocycles. The summed E-state index contributed by atoms with van der Waals surface area (Å²) in [7, 11) is 1.64. The molecule has 4 heteroatoms. The lowest BCUT2D eigenvalue weighted by atomic mass is 10.1. The molecule has 3 nitrogen and oxygen atoms in total. The number of nitrogen functional groups attached to an aromatic ring is 1. The third kappa shape index (κ3) is 2.74. The van der Waals surface area contributed by atoms with Crippen LogP contribution >= 0.6 is 15.9 Å². The Bertz CT molecular complexity index is 423. The number of halogens is 1. The standard InChI is InChI=1S/C11H11BrN2O/c1-3-6-14(2)11(15)9-5-4-8(12)7-10(9)13/h1,4-5,7H,6,13H2,2H3. The van der Waals surface area contributed by atoms with Gasteiger partial charge in [0.15, 0.2) is 0 Å². The molecule has 0 saturated carbocycles. The molecule has 15 heavy (non-hydrogen) atoms. The van der Waals surface area contributed by atoms with Crippen LogP contribution in [0.3, 0.4) is 0 Å². The number of amides is 1. The Morgan fingerprint density at radius 2 is 2.33 bits per heavy atom. The highest BCUT2D eigenvalue weighted by Gasteiger charge is 2.13. The van der Waals surface area contributed by atoms with Crippen LogP contribution in [-0.2, 0) is 0 Å². The molecule has 0 fully saturated rings. The van der Waals surface area contributed by atoms with Crippen molar-refractivity contribution in [2.45, 2.75) is 0 Å². The summed E-state index contributed by atoms with van der Waals surface area (Å²) in [6.45, 7) is 0.272. The predicted octanol–water partition coefficient (Wildman–Crippen LogP) is 1.74. The quantitative estimate of drug-likeness (QED) is 0.655. The van der Waals surface area contributed by atoms with Crippen molar-refractivity contribution in [1.29, 1.82) is 0 Å². The molecule has 0 aliphatic rings. The van der Waals surface area contributed by atoms with Gasteiger partial charge in [-0.2, -0.15) is 0 Å². The maximum absolute atomic E-state index is 11.8. The third-order valence-corrected chi connectivity index (χ3v) is 2.41. The minimum Gasteiger partial charge on any atom is -0.398 e. The van der Waals surface area contributed by atoms with Gasteiger partial charge in [0.25, 0.3) is 5.91 Å².